The number of rotatable bonds is 6. The van der Waals surface area contributed by atoms with Crippen LogP contribution in [0.25, 0.3) is 0 Å². The molecule has 0 saturated carbocycles. The summed E-state index contributed by atoms with van der Waals surface area (Å²) in [6.07, 6.45) is 0.884. The molecule has 0 atom stereocenters. The lowest BCUT2D eigenvalue weighted by Gasteiger charge is -2.18. The van der Waals surface area contributed by atoms with Crippen LogP contribution in [0.2, 0.25) is 0 Å². The number of benzene rings is 2. The lowest BCUT2D eigenvalue weighted by atomic mass is 10.1. The molecule has 2 aromatic carbocycles. The first kappa shape index (κ1) is 17.7. The Labute approximate surface area is 140 Å². The molecule has 0 aliphatic rings. The second-order valence-corrected chi connectivity index (χ2v) is 5.82. The summed E-state index contributed by atoms with van der Waals surface area (Å²) < 4.78 is 13.1. The van der Waals surface area contributed by atoms with E-state index in [-0.39, 0.29) is 17.3 Å². The summed E-state index contributed by atoms with van der Waals surface area (Å²) in [7, 11) is 1.72. The van der Waals surface area contributed by atoms with E-state index in [0.29, 0.717) is 19.4 Å². The van der Waals surface area contributed by atoms with Gasteiger partial charge < -0.3 is 10.0 Å². The standard InChI is InChI=1S/C19H20FNO3/c1-13-11-17(20)9-8-16(13)12-21(2)18(22)10-5-14-3-6-15(7-4-14)19(23)24/h3-4,6-9,11H,5,10,12H2,1-2H3,(H,23,24). The molecule has 0 bridgehead atoms. The van der Waals surface area contributed by atoms with Crippen molar-refractivity contribution in [3.63, 3.8) is 0 Å². The molecule has 0 unspecified atom stereocenters. The molecule has 2 rings (SSSR count). The molecule has 5 heteroatoms. The van der Waals surface area contributed by atoms with Gasteiger partial charge in [-0.1, -0.05) is 18.2 Å². The van der Waals surface area contributed by atoms with Crippen molar-refractivity contribution in [1.82, 2.24) is 4.90 Å². The van der Waals surface area contributed by atoms with Crippen LogP contribution in [0.15, 0.2) is 42.5 Å². The molecular weight excluding hydrogens is 309 g/mol. The molecule has 2 aromatic rings. The normalized spacial score (nSPS) is 10.5. The minimum Gasteiger partial charge on any atom is -0.478 e. The molecule has 24 heavy (non-hydrogen) atoms. The van der Waals surface area contributed by atoms with Gasteiger partial charge in [0.25, 0.3) is 0 Å². The average Bonchev–Trinajstić information content (AvgIpc) is 2.55. The van der Waals surface area contributed by atoms with E-state index < -0.39 is 5.97 Å². The van der Waals surface area contributed by atoms with Gasteiger partial charge in [0.15, 0.2) is 0 Å². The van der Waals surface area contributed by atoms with E-state index in [1.807, 2.05) is 6.92 Å². The van der Waals surface area contributed by atoms with Crippen molar-refractivity contribution in [2.45, 2.75) is 26.3 Å². The molecule has 0 radical (unpaired) electrons. The number of aryl methyl sites for hydroxylation is 2. The van der Waals surface area contributed by atoms with Gasteiger partial charge in [-0.05, 0) is 54.3 Å². The van der Waals surface area contributed by atoms with Crippen LogP contribution in [0, 0.1) is 12.7 Å². The van der Waals surface area contributed by atoms with Gasteiger partial charge in [0.2, 0.25) is 5.91 Å². The van der Waals surface area contributed by atoms with Gasteiger partial charge in [-0.15, -0.1) is 0 Å². The number of aromatic carboxylic acids is 1. The van der Waals surface area contributed by atoms with Crippen LogP contribution in [0.5, 0.6) is 0 Å². The maximum atomic E-state index is 13.1. The summed E-state index contributed by atoms with van der Waals surface area (Å²) in [4.78, 5) is 24.7. The predicted octanol–water partition coefficient (Wildman–Crippen LogP) is 3.42. The highest BCUT2D eigenvalue weighted by Crippen LogP contribution is 2.13. The highest BCUT2D eigenvalue weighted by molar-refractivity contribution is 5.87. The number of amides is 1. The van der Waals surface area contributed by atoms with Crippen molar-refractivity contribution < 1.29 is 19.1 Å². The highest BCUT2D eigenvalue weighted by Gasteiger charge is 2.11. The zero-order valence-corrected chi connectivity index (χ0v) is 13.8. The molecule has 1 amide bonds. The second kappa shape index (κ2) is 7.73. The van der Waals surface area contributed by atoms with Crippen molar-refractivity contribution in [3.05, 3.63) is 70.5 Å². The third kappa shape index (κ3) is 4.65. The fraction of sp³-hybridized carbons (Fsp3) is 0.263. The fourth-order valence-electron chi connectivity index (χ4n) is 2.44. The Kier molecular flexibility index (Phi) is 5.68. The Hall–Kier alpha value is -2.69. The first-order valence-corrected chi connectivity index (χ1v) is 7.68. The van der Waals surface area contributed by atoms with Crippen LogP contribution < -0.4 is 0 Å². The Balaban J connectivity index is 1.90. The average molecular weight is 329 g/mol. The van der Waals surface area contributed by atoms with Crippen LogP contribution in [0.1, 0.15) is 33.5 Å². The zero-order valence-electron chi connectivity index (χ0n) is 13.8. The summed E-state index contributed by atoms with van der Waals surface area (Å²) in [5, 5.41) is 8.86. The summed E-state index contributed by atoms with van der Waals surface area (Å²) >= 11 is 0. The number of halogens is 1. The summed E-state index contributed by atoms with van der Waals surface area (Å²) in [5.41, 5.74) is 2.88. The third-order valence-electron chi connectivity index (χ3n) is 3.97. The molecule has 0 aliphatic carbocycles. The van der Waals surface area contributed by atoms with Gasteiger partial charge in [0, 0.05) is 20.0 Å². The van der Waals surface area contributed by atoms with Gasteiger partial charge in [-0.3, -0.25) is 4.79 Å². The van der Waals surface area contributed by atoms with E-state index >= 15 is 0 Å². The maximum absolute atomic E-state index is 13.1. The Morgan fingerprint density at radius 2 is 1.79 bits per heavy atom. The van der Waals surface area contributed by atoms with Crippen LogP contribution in [-0.4, -0.2) is 28.9 Å². The lowest BCUT2D eigenvalue weighted by Crippen LogP contribution is -2.26. The monoisotopic (exact) mass is 329 g/mol. The molecule has 4 nitrogen and oxygen atoms in total. The van der Waals surface area contributed by atoms with E-state index in [1.54, 1.807) is 30.1 Å². The van der Waals surface area contributed by atoms with Crippen LogP contribution >= 0.6 is 0 Å². The number of carbonyl (C=O) groups excluding carboxylic acids is 1. The first-order chi connectivity index (χ1) is 11.4. The quantitative estimate of drug-likeness (QED) is 0.883. The van der Waals surface area contributed by atoms with Crippen molar-refractivity contribution in [1.29, 1.82) is 0 Å². The van der Waals surface area contributed by atoms with E-state index in [1.165, 1.54) is 24.3 Å². The summed E-state index contributed by atoms with van der Waals surface area (Å²) in [5.74, 6) is -1.26. The topological polar surface area (TPSA) is 57.6 Å². The molecule has 0 heterocycles. The van der Waals surface area contributed by atoms with Gasteiger partial charge in [0.1, 0.15) is 5.82 Å². The number of carboxylic acids is 1. The number of hydrogen-bond acceptors (Lipinski definition) is 2. The van der Waals surface area contributed by atoms with Gasteiger partial charge in [-0.25, -0.2) is 9.18 Å². The van der Waals surface area contributed by atoms with Gasteiger partial charge in [-0.2, -0.15) is 0 Å². The van der Waals surface area contributed by atoms with Crippen LogP contribution in [0.3, 0.4) is 0 Å². The predicted molar refractivity (Wildman–Crippen MR) is 89.3 cm³/mol. The molecule has 0 aromatic heterocycles. The molecule has 0 aliphatic heterocycles. The smallest absolute Gasteiger partial charge is 0.335 e. The van der Waals surface area contributed by atoms with Crippen molar-refractivity contribution in [3.8, 4) is 0 Å². The van der Waals surface area contributed by atoms with E-state index in [0.717, 1.165) is 16.7 Å². The fourth-order valence-corrected chi connectivity index (χ4v) is 2.44. The van der Waals surface area contributed by atoms with E-state index in [4.69, 9.17) is 5.11 Å². The largest absolute Gasteiger partial charge is 0.478 e. The first-order valence-electron chi connectivity index (χ1n) is 7.68. The molecule has 0 fully saturated rings. The number of carboxylic acid groups (broad SMARTS) is 1. The van der Waals surface area contributed by atoms with Crippen molar-refractivity contribution in [2.75, 3.05) is 7.05 Å². The molecule has 1 N–H and O–H groups in total. The van der Waals surface area contributed by atoms with Gasteiger partial charge >= 0.3 is 5.97 Å². The number of hydrogen-bond donors (Lipinski definition) is 1. The molecule has 0 spiro atoms. The SMILES string of the molecule is Cc1cc(F)ccc1CN(C)C(=O)CCc1ccc(C(=O)O)cc1. The molecule has 0 saturated heterocycles. The van der Waals surface area contributed by atoms with Crippen LogP contribution in [-0.2, 0) is 17.8 Å². The Morgan fingerprint density at radius 3 is 2.38 bits per heavy atom. The number of carbonyl (C=O) groups is 2. The molecular formula is C19H20FNO3. The zero-order chi connectivity index (χ0) is 17.7. The Bertz CT molecular complexity index is 741. The van der Waals surface area contributed by atoms with Gasteiger partial charge in [0.05, 0.1) is 5.56 Å². The maximum Gasteiger partial charge on any atom is 0.335 e. The third-order valence-corrected chi connectivity index (χ3v) is 3.97. The second-order valence-electron chi connectivity index (χ2n) is 5.82. The van der Waals surface area contributed by atoms with Crippen molar-refractivity contribution in [2.24, 2.45) is 0 Å². The lowest BCUT2D eigenvalue weighted by molar-refractivity contribution is -0.130. The minimum absolute atomic E-state index is 0.0129. The van der Waals surface area contributed by atoms with Crippen molar-refractivity contribution >= 4 is 11.9 Å². The minimum atomic E-state index is -0.966. The highest BCUT2D eigenvalue weighted by atomic mass is 19.1. The van der Waals surface area contributed by atoms with E-state index in [9.17, 15) is 14.0 Å². The van der Waals surface area contributed by atoms with E-state index in [2.05, 4.69) is 0 Å². The Morgan fingerprint density at radius 1 is 1.12 bits per heavy atom. The molecule has 126 valence electrons. The summed E-state index contributed by atoms with van der Waals surface area (Å²) in [6, 6.07) is 11.1. The van der Waals surface area contributed by atoms with Crippen LogP contribution in [0.4, 0.5) is 4.39 Å². The number of nitrogens with zero attached hydrogens (tertiary/aromatic N) is 1. The summed E-state index contributed by atoms with van der Waals surface area (Å²) in [6.45, 7) is 2.25.